The van der Waals surface area contributed by atoms with Crippen molar-refractivity contribution in [1.29, 1.82) is 0 Å². The van der Waals surface area contributed by atoms with Crippen molar-refractivity contribution in [3.8, 4) is 5.75 Å². The van der Waals surface area contributed by atoms with Gasteiger partial charge in [-0.3, -0.25) is 14.5 Å². The van der Waals surface area contributed by atoms with E-state index in [9.17, 15) is 9.59 Å². The first-order valence-electron chi connectivity index (χ1n) is 8.98. The molecule has 2 aliphatic rings. The summed E-state index contributed by atoms with van der Waals surface area (Å²) in [7, 11) is 1.62. The third kappa shape index (κ3) is 2.71. The summed E-state index contributed by atoms with van der Waals surface area (Å²) in [6.45, 7) is 0. The fourth-order valence-corrected chi connectivity index (χ4v) is 4.09. The van der Waals surface area contributed by atoms with Gasteiger partial charge in [0, 0.05) is 41.3 Å². The van der Waals surface area contributed by atoms with Gasteiger partial charge in [-0.15, -0.1) is 0 Å². The van der Waals surface area contributed by atoms with Crippen molar-refractivity contribution < 1.29 is 14.3 Å². The van der Waals surface area contributed by atoms with E-state index in [4.69, 9.17) is 4.74 Å². The minimum Gasteiger partial charge on any atom is -0.496 e. The fraction of sp³-hybridized carbons (Fsp3) is 0.273. The minimum absolute atomic E-state index is 0.0283. The molecular weight excluding hydrogens is 326 g/mol. The molecule has 26 heavy (non-hydrogen) atoms. The van der Waals surface area contributed by atoms with Crippen LogP contribution in [-0.4, -0.2) is 18.8 Å². The highest BCUT2D eigenvalue weighted by Crippen LogP contribution is 2.45. The summed E-state index contributed by atoms with van der Waals surface area (Å²) in [4.78, 5) is 27.7. The zero-order chi connectivity index (χ0) is 18.1. The van der Waals surface area contributed by atoms with Crippen LogP contribution in [0.2, 0.25) is 0 Å². The molecule has 4 nitrogen and oxygen atoms in total. The van der Waals surface area contributed by atoms with Gasteiger partial charge in [-0.05, 0) is 31.0 Å². The van der Waals surface area contributed by atoms with Gasteiger partial charge in [0.2, 0.25) is 5.91 Å². The van der Waals surface area contributed by atoms with E-state index in [1.807, 2.05) is 54.6 Å². The second-order valence-electron chi connectivity index (χ2n) is 6.70. The van der Waals surface area contributed by atoms with Crippen LogP contribution in [0.1, 0.15) is 37.2 Å². The Morgan fingerprint density at radius 3 is 2.46 bits per heavy atom. The maximum absolute atomic E-state index is 13.1. The number of anilines is 1. The number of allylic oxidation sites excluding steroid dienone is 2. The van der Waals surface area contributed by atoms with Gasteiger partial charge in [0.1, 0.15) is 5.75 Å². The van der Waals surface area contributed by atoms with Crippen LogP contribution in [0.3, 0.4) is 0 Å². The lowest BCUT2D eigenvalue weighted by Crippen LogP contribution is -2.40. The van der Waals surface area contributed by atoms with Crippen LogP contribution >= 0.6 is 0 Å². The molecule has 0 fully saturated rings. The molecule has 1 atom stereocenters. The van der Waals surface area contributed by atoms with Gasteiger partial charge < -0.3 is 4.74 Å². The number of carbonyl (C=O) groups excluding carboxylic acids is 2. The van der Waals surface area contributed by atoms with Gasteiger partial charge in [-0.25, -0.2) is 0 Å². The molecule has 1 aliphatic carbocycles. The smallest absolute Gasteiger partial charge is 0.232 e. The number of hydrogen-bond acceptors (Lipinski definition) is 3. The molecule has 0 spiro atoms. The number of rotatable bonds is 3. The van der Waals surface area contributed by atoms with Crippen molar-refractivity contribution in [3.05, 3.63) is 71.4 Å². The van der Waals surface area contributed by atoms with Crippen molar-refractivity contribution in [1.82, 2.24) is 0 Å². The molecule has 1 amide bonds. The van der Waals surface area contributed by atoms with E-state index in [-0.39, 0.29) is 24.0 Å². The van der Waals surface area contributed by atoms with Crippen molar-refractivity contribution in [2.45, 2.75) is 31.6 Å². The number of carbonyl (C=O) groups is 2. The largest absolute Gasteiger partial charge is 0.496 e. The molecule has 0 saturated carbocycles. The number of benzene rings is 2. The average Bonchev–Trinajstić information content (AvgIpc) is 2.68. The molecule has 0 radical (unpaired) electrons. The zero-order valence-corrected chi connectivity index (χ0v) is 14.8. The summed E-state index contributed by atoms with van der Waals surface area (Å²) in [5, 5.41) is 0. The van der Waals surface area contributed by atoms with Gasteiger partial charge in [-0.2, -0.15) is 0 Å². The molecule has 0 N–H and O–H groups in total. The first-order chi connectivity index (χ1) is 12.7. The van der Waals surface area contributed by atoms with Crippen LogP contribution in [0.25, 0.3) is 0 Å². The Hall–Kier alpha value is -2.88. The summed E-state index contributed by atoms with van der Waals surface area (Å²) < 4.78 is 5.50. The predicted octanol–water partition coefficient (Wildman–Crippen LogP) is 4.22. The lowest BCUT2D eigenvalue weighted by Gasteiger charge is -2.38. The minimum atomic E-state index is -0.235. The number of nitrogens with zero attached hydrogens (tertiary/aromatic N) is 1. The molecule has 4 rings (SSSR count). The predicted molar refractivity (Wildman–Crippen MR) is 100 cm³/mol. The summed E-state index contributed by atoms with van der Waals surface area (Å²) in [5.41, 5.74) is 3.39. The van der Waals surface area contributed by atoms with Gasteiger partial charge in [0.15, 0.2) is 5.78 Å². The molecule has 2 aromatic carbocycles. The Balaban J connectivity index is 1.88. The van der Waals surface area contributed by atoms with E-state index in [2.05, 4.69) is 0 Å². The van der Waals surface area contributed by atoms with E-state index in [0.29, 0.717) is 6.42 Å². The van der Waals surface area contributed by atoms with E-state index in [0.717, 1.165) is 41.1 Å². The number of methoxy groups -OCH3 is 1. The Morgan fingerprint density at radius 2 is 1.69 bits per heavy atom. The number of ether oxygens (including phenoxy) is 1. The molecule has 132 valence electrons. The van der Waals surface area contributed by atoms with Gasteiger partial charge in [0.25, 0.3) is 0 Å². The highest BCUT2D eigenvalue weighted by Gasteiger charge is 2.40. The second-order valence-corrected chi connectivity index (χ2v) is 6.70. The average molecular weight is 347 g/mol. The third-order valence-electron chi connectivity index (χ3n) is 5.20. The maximum Gasteiger partial charge on any atom is 0.232 e. The van der Waals surface area contributed by atoms with Crippen LogP contribution in [-0.2, 0) is 9.59 Å². The van der Waals surface area contributed by atoms with Crippen LogP contribution < -0.4 is 9.64 Å². The maximum atomic E-state index is 13.1. The molecule has 0 aromatic heterocycles. The Kier molecular flexibility index (Phi) is 4.33. The van der Waals surface area contributed by atoms with Gasteiger partial charge in [-0.1, -0.05) is 36.4 Å². The van der Waals surface area contributed by atoms with E-state index >= 15 is 0 Å². The number of Topliss-reactive ketones (excluding diaryl/α,β-unsaturated/α-hetero) is 1. The molecule has 2 aromatic rings. The topological polar surface area (TPSA) is 46.6 Å². The molecule has 0 bridgehead atoms. The SMILES string of the molecule is COc1ccccc1C1CC(=O)N(c2ccccc2)C2=C1C(=O)CCC2. The van der Waals surface area contributed by atoms with E-state index in [1.165, 1.54) is 0 Å². The highest BCUT2D eigenvalue weighted by molar-refractivity contribution is 6.07. The fourth-order valence-electron chi connectivity index (χ4n) is 4.09. The zero-order valence-electron chi connectivity index (χ0n) is 14.8. The molecule has 1 unspecified atom stereocenters. The highest BCUT2D eigenvalue weighted by atomic mass is 16.5. The summed E-state index contributed by atoms with van der Waals surface area (Å²) in [6, 6.07) is 17.3. The molecule has 4 heteroatoms. The van der Waals surface area contributed by atoms with E-state index < -0.39 is 0 Å². The Bertz CT molecular complexity index is 885. The second kappa shape index (κ2) is 6.79. The molecular formula is C22H21NO3. The standard InChI is InChI=1S/C22H21NO3/c1-26-20-13-6-5-10-16(20)17-14-21(25)23(15-8-3-2-4-9-15)18-11-7-12-19(24)22(17)18/h2-6,8-10,13,17H,7,11-12,14H2,1H3. The Labute approximate surface area is 153 Å². The van der Waals surface area contributed by atoms with Crippen molar-refractivity contribution >= 4 is 17.4 Å². The summed E-state index contributed by atoms with van der Waals surface area (Å²) >= 11 is 0. The molecule has 0 saturated heterocycles. The monoisotopic (exact) mass is 347 g/mol. The first-order valence-corrected chi connectivity index (χ1v) is 8.98. The third-order valence-corrected chi connectivity index (χ3v) is 5.20. The van der Waals surface area contributed by atoms with Crippen LogP contribution in [0, 0.1) is 0 Å². The van der Waals surface area contributed by atoms with Crippen molar-refractivity contribution in [3.63, 3.8) is 0 Å². The molecule has 1 aliphatic heterocycles. The van der Waals surface area contributed by atoms with Gasteiger partial charge in [0.05, 0.1) is 7.11 Å². The normalized spacial score (nSPS) is 20.2. The van der Waals surface area contributed by atoms with Crippen molar-refractivity contribution in [2.75, 3.05) is 12.0 Å². The van der Waals surface area contributed by atoms with Crippen molar-refractivity contribution in [2.24, 2.45) is 0 Å². The summed E-state index contributed by atoms with van der Waals surface area (Å²) in [5.74, 6) is 0.668. The lowest BCUT2D eigenvalue weighted by atomic mass is 9.77. The molecule has 1 heterocycles. The summed E-state index contributed by atoms with van der Waals surface area (Å²) in [6.07, 6.45) is 2.35. The van der Waals surface area contributed by atoms with Crippen LogP contribution in [0.4, 0.5) is 5.69 Å². The van der Waals surface area contributed by atoms with Crippen LogP contribution in [0.5, 0.6) is 5.75 Å². The van der Waals surface area contributed by atoms with Crippen LogP contribution in [0.15, 0.2) is 65.9 Å². The first kappa shape index (κ1) is 16.6. The Morgan fingerprint density at radius 1 is 0.962 bits per heavy atom. The van der Waals surface area contributed by atoms with Gasteiger partial charge >= 0.3 is 0 Å². The quantitative estimate of drug-likeness (QED) is 0.835. The number of hydrogen-bond donors (Lipinski definition) is 0. The number of para-hydroxylation sites is 2. The number of ketones is 1. The lowest BCUT2D eigenvalue weighted by molar-refractivity contribution is -0.119. The number of amides is 1. The van der Waals surface area contributed by atoms with E-state index in [1.54, 1.807) is 12.0 Å².